The average molecular weight is 520 g/mol. The predicted octanol–water partition coefficient (Wildman–Crippen LogP) is 6.06. The van der Waals surface area contributed by atoms with Crippen LogP contribution in [0.5, 0.6) is 0 Å². The SMILES string of the molecule is Cc1nc(F)ccc1[C@H](Cc1cc(Cl)c2ncnc(NCC(C)(C)C)c2c1)c1cn(C23CC(C2)C3)nn1. The van der Waals surface area contributed by atoms with Crippen molar-refractivity contribution >= 4 is 28.3 Å². The van der Waals surface area contributed by atoms with E-state index in [1.807, 2.05) is 19.1 Å². The van der Waals surface area contributed by atoms with Crippen LogP contribution in [0.25, 0.3) is 10.9 Å². The molecule has 3 saturated carbocycles. The number of rotatable bonds is 7. The first kappa shape index (κ1) is 24.2. The number of hydrogen-bond donors (Lipinski definition) is 1. The van der Waals surface area contributed by atoms with Crippen molar-refractivity contribution in [1.82, 2.24) is 29.9 Å². The molecule has 0 aliphatic heterocycles. The van der Waals surface area contributed by atoms with Crippen molar-refractivity contribution in [3.63, 3.8) is 0 Å². The Morgan fingerprint density at radius 2 is 1.97 bits per heavy atom. The number of nitrogens with zero attached hydrogens (tertiary/aromatic N) is 6. The van der Waals surface area contributed by atoms with Crippen LogP contribution in [0.4, 0.5) is 10.2 Å². The number of hydrogen-bond acceptors (Lipinski definition) is 6. The van der Waals surface area contributed by atoms with Gasteiger partial charge in [-0.2, -0.15) is 4.39 Å². The molecular weight excluding hydrogens is 489 g/mol. The van der Waals surface area contributed by atoms with Crippen molar-refractivity contribution in [2.75, 3.05) is 11.9 Å². The molecule has 4 aromatic rings. The van der Waals surface area contributed by atoms with Crippen molar-refractivity contribution in [3.8, 4) is 0 Å². The summed E-state index contributed by atoms with van der Waals surface area (Å²) in [5.74, 6) is 0.959. The van der Waals surface area contributed by atoms with E-state index in [4.69, 9.17) is 11.6 Å². The topological polar surface area (TPSA) is 81.4 Å². The molecule has 0 amide bonds. The maximum absolute atomic E-state index is 13.9. The molecule has 7 nitrogen and oxygen atoms in total. The van der Waals surface area contributed by atoms with E-state index in [1.165, 1.54) is 25.3 Å². The first-order valence-electron chi connectivity index (χ1n) is 12.8. The van der Waals surface area contributed by atoms with E-state index in [-0.39, 0.29) is 16.9 Å². The molecule has 0 unspecified atom stereocenters. The average Bonchev–Trinajstić information content (AvgIpc) is 3.23. The van der Waals surface area contributed by atoms with E-state index < -0.39 is 5.95 Å². The molecule has 0 saturated heterocycles. The maximum atomic E-state index is 13.9. The van der Waals surface area contributed by atoms with Gasteiger partial charge in [0.1, 0.15) is 12.1 Å². The Morgan fingerprint density at radius 1 is 1.19 bits per heavy atom. The van der Waals surface area contributed by atoms with Crippen LogP contribution in [0.1, 0.15) is 68.5 Å². The largest absolute Gasteiger partial charge is 0.369 e. The van der Waals surface area contributed by atoms with E-state index in [9.17, 15) is 4.39 Å². The fourth-order valence-corrected chi connectivity index (χ4v) is 5.98. The Bertz CT molecular complexity index is 1470. The Hall–Kier alpha value is -3.13. The number of halogens is 2. The summed E-state index contributed by atoms with van der Waals surface area (Å²) in [6.45, 7) is 9.12. The zero-order valence-electron chi connectivity index (χ0n) is 21.6. The number of fused-ring (bicyclic) bond motifs is 1. The van der Waals surface area contributed by atoms with Crippen molar-refractivity contribution in [3.05, 3.63) is 70.3 Å². The van der Waals surface area contributed by atoms with Crippen molar-refractivity contribution in [2.45, 2.75) is 64.8 Å². The molecule has 192 valence electrons. The van der Waals surface area contributed by atoms with Crippen LogP contribution < -0.4 is 5.32 Å². The molecule has 0 radical (unpaired) electrons. The standard InChI is InChI=1S/C28H31ClFN7/c1-16-19(5-6-24(30)34-16)20(23-13-37(36-35-23)28-10-18(11-28)12-28)7-17-8-21-25(22(29)9-17)32-15-33-26(21)31-14-27(2,3)4/h5-6,8-9,13,15,18,20H,7,10-12,14H2,1-4H3,(H,31,32,33)/t18?,20-,28?/m0/s1. The van der Waals surface area contributed by atoms with E-state index in [2.05, 4.69) is 68.3 Å². The van der Waals surface area contributed by atoms with Crippen LogP contribution in [-0.2, 0) is 12.0 Å². The molecule has 37 heavy (non-hydrogen) atoms. The third-order valence-electron chi connectivity index (χ3n) is 7.81. The molecular formula is C28H31ClFN7. The summed E-state index contributed by atoms with van der Waals surface area (Å²) in [6, 6.07) is 7.27. The fraction of sp³-hybridized carbons (Fsp3) is 0.464. The van der Waals surface area contributed by atoms with Gasteiger partial charge in [0, 0.05) is 29.7 Å². The minimum atomic E-state index is -0.488. The van der Waals surface area contributed by atoms with Crippen LogP contribution in [0, 0.1) is 24.2 Å². The number of anilines is 1. The molecule has 2 bridgehead atoms. The summed E-state index contributed by atoms with van der Waals surface area (Å²) < 4.78 is 16.0. The molecule has 3 aliphatic carbocycles. The zero-order valence-corrected chi connectivity index (χ0v) is 22.3. The molecule has 1 aromatic carbocycles. The highest BCUT2D eigenvalue weighted by molar-refractivity contribution is 6.35. The lowest BCUT2D eigenvalue weighted by Gasteiger charge is -2.61. The lowest BCUT2D eigenvalue weighted by atomic mass is 9.50. The lowest BCUT2D eigenvalue weighted by molar-refractivity contribution is -0.0989. The van der Waals surface area contributed by atoms with Crippen LogP contribution >= 0.6 is 11.6 Å². The molecule has 3 fully saturated rings. The van der Waals surface area contributed by atoms with Gasteiger partial charge < -0.3 is 5.32 Å². The second-order valence-corrected chi connectivity index (χ2v) is 12.4. The molecule has 1 N–H and O–H groups in total. The maximum Gasteiger partial charge on any atom is 0.213 e. The van der Waals surface area contributed by atoms with Crippen molar-refractivity contribution in [2.24, 2.45) is 11.3 Å². The summed E-state index contributed by atoms with van der Waals surface area (Å²) >= 11 is 6.74. The van der Waals surface area contributed by atoms with Gasteiger partial charge in [-0.1, -0.05) is 43.7 Å². The van der Waals surface area contributed by atoms with Crippen LogP contribution in [0.2, 0.25) is 5.02 Å². The van der Waals surface area contributed by atoms with Crippen LogP contribution in [0.15, 0.2) is 36.8 Å². The zero-order chi connectivity index (χ0) is 25.9. The highest BCUT2D eigenvalue weighted by Crippen LogP contribution is 2.62. The molecule has 9 heteroatoms. The summed E-state index contributed by atoms with van der Waals surface area (Å²) in [4.78, 5) is 13.0. The number of nitrogens with one attached hydrogen (secondary N) is 1. The summed E-state index contributed by atoms with van der Waals surface area (Å²) in [6.07, 6.45) is 7.77. The summed E-state index contributed by atoms with van der Waals surface area (Å²) in [7, 11) is 0. The van der Waals surface area contributed by atoms with E-state index in [0.717, 1.165) is 40.5 Å². The third kappa shape index (κ3) is 4.45. The second-order valence-electron chi connectivity index (χ2n) is 12.0. The quantitative estimate of drug-likeness (QED) is 0.299. The number of aryl methyl sites for hydroxylation is 1. The second kappa shape index (κ2) is 8.72. The van der Waals surface area contributed by atoms with Gasteiger partial charge in [0.05, 0.1) is 21.8 Å². The van der Waals surface area contributed by atoms with Crippen molar-refractivity contribution < 1.29 is 4.39 Å². The minimum absolute atomic E-state index is 0.0864. The Kier molecular flexibility index (Phi) is 5.71. The monoisotopic (exact) mass is 519 g/mol. The highest BCUT2D eigenvalue weighted by Gasteiger charge is 2.58. The van der Waals surface area contributed by atoms with Gasteiger partial charge in [0.2, 0.25) is 5.95 Å². The van der Waals surface area contributed by atoms with Gasteiger partial charge in [0.25, 0.3) is 0 Å². The number of aromatic nitrogens is 6. The predicted molar refractivity (Wildman–Crippen MR) is 142 cm³/mol. The van der Waals surface area contributed by atoms with Crippen LogP contribution in [-0.4, -0.2) is 36.5 Å². The summed E-state index contributed by atoms with van der Waals surface area (Å²) in [5.41, 5.74) is 4.39. The number of benzene rings is 1. The van der Waals surface area contributed by atoms with E-state index in [0.29, 0.717) is 22.7 Å². The lowest BCUT2D eigenvalue weighted by Crippen LogP contribution is -2.59. The molecule has 3 heterocycles. The smallest absolute Gasteiger partial charge is 0.213 e. The first-order chi connectivity index (χ1) is 17.6. The molecule has 7 rings (SSSR count). The van der Waals surface area contributed by atoms with Gasteiger partial charge in [-0.25, -0.2) is 19.6 Å². The Morgan fingerprint density at radius 3 is 2.65 bits per heavy atom. The first-order valence-corrected chi connectivity index (χ1v) is 13.2. The van der Waals surface area contributed by atoms with Gasteiger partial charge >= 0.3 is 0 Å². The minimum Gasteiger partial charge on any atom is -0.369 e. The number of pyridine rings is 1. The third-order valence-corrected chi connectivity index (χ3v) is 8.09. The fourth-order valence-electron chi connectivity index (χ4n) is 5.69. The van der Waals surface area contributed by atoms with Crippen molar-refractivity contribution in [1.29, 1.82) is 0 Å². The van der Waals surface area contributed by atoms with E-state index >= 15 is 0 Å². The van der Waals surface area contributed by atoms with E-state index in [1.54, 1.807) is 6.33 Å². The molecule has 1 atom stereocenters. The van der Waals surface area contributed by atoms with Gasteiger partial charge in [-0.05, 0) is 73.3 Å². The molecule has 3 aliphatic rings. The Balaban J connectivity index is 1.39. The highest BCUT2D eigenvalue weighted by atomic mass is 35.5. The molecule has 0 spiro atoms. The van der Waals surface area contributed by atoms with Gasteiger partial charge in [-0.3, -0.25) is 0 Å². The van der Waals surface area contributed by atoms with Gasteiger partial charge in [-0.15, -0.1) is 5.10 Å². The van der Waals surface area contributed by atoms with Gasteiger partial charge in [0.15, 0.2) is 0 Å². The molecule has 3 aromatic heterocycles. The normalized spacial score (nSPS) is 21.4. The Labute approximate surface area is 220 Å². The van der Waals surface area contributed by atoms with Crippen LogP contribution in [0.3, 0.4) is 0 Å². The summed E-state index contributed by atoms with van der Waals surface area (Å²) in [5, 5.41) is 14.0.